The van der Waals surface area contributed by atoms with Crippen molar-refractivity contribution >= 4 is 33.4 Å². The molecule has 0 atom stereocenters. The number of rotatable bonds is 3. The fourth-order valence-electron chi connectivity index (χ4n) is 1.58. The van der Waals surface area contributed by atoms with E-state index >= 15 is 0 Å². The van der Waals surface area contributed by atoms with Crippen LogP contribution in [0.25, 0.3) is 0 Å². The molecule has 0 aromatic heterocycles. The SMILES string of the molecule is Cc1ccc(F)cc1CSc1cc(Br)ccc1N. The van der Waals surface area contributed by atoms with Crippen LogP contribution in [0.2, 0.25) is 0 Å². The molecule has 0 bridgehead atoms. The first-order valence-electron chi connectivity index (χ1n) is 5.49. The van der Waals surface area contributed by atoms with Crippen LogP contribution >= 0.6 is 27.7 Å². The van der Waals surface area contributed by atoms with Crippen LogP contribution in [0, 0.1) is 12.7 Å². The molecule has 0 unspecified atom stereocenters. The van der Waals surface area contributed by atoms with Crippen molar-refractivity contribution in [2.45, 2.75) is 17.6 Å². The molecule has 2 aromatic carbocycles. The van der Waals surface area contributed by atoms with E-state index in [9.17, 15) is 4.39 Å². The maximum atomic E-state index is 13.2. The van der Waals surface area contributed by atoms with E-state index in [1.807, 2.05) is 25.1 Å². The second-order valence-electron chi connectivity index (χ2n) is 4.04. The van der Waals surface area contributed by atoms with Crippen LogP contribution in [0.1, 0.15) is 11.1 Å². The third-order valence-corrected chi connectivity index (χ3v) is 4.28. The van der Waals surface area contributed by atoms with Crippen LogP contribution in [0.15, 0.2) is 45.8 Å². The summed E-state index contributed by atoms with van der Waals surface area (Å²) < 4.78 is 14.2. The van der Waals surface area contributed by atoms with Gasteiger partial charge in [-0.15, -0.1) is 11.8 Å². The van der Waals surface area contributed by atoms with E-state index in [-0.39, 0.29) is 5.82 Å². The molecule has 0 radical (unpaired) electrons. The Morgan fingerprint density at radius 2 is 2.00 bits per heavy atom. The van der Waals surface area contributed by atoms with Crippen molar-refractivity contribution < 1.29 is 4.39 Å². The molecule has 1 nitrogen and oxygen atoms in total. The summed E-state index contributed by atoms with van der Waals surface area (Å²) in [7, 11) is 0. The van der Waals surface area contributed by atoms with Gasteiger partial charge in [0.2, 0.25) is 0 Å². The number of nitrogen functional groups attached to an aromatic ring is 1. The lowest BCUT2D eigenvalue weighted by molar-refractivity contribution is 0.626. The first-order chi connectivity index (χ1) is 8.56. The van der Waals surface area contributed by atoms with Crippen molar-refractivity contribution in [1.29, 1.82) is 0 Å². The van der Waals surface area contributed by atoms with Gasteiger partial charge in [0, 0.05) is 20.8 Å². The minimum atomic E-state index is -0.196. The standard InChI is InChI=1S/C14H13BrFNS/c1-9-2-4-12(16)6-10(9)8-18-14-7-11(15)3-5-13(14)17/h2-7H,8,17H2,1H3. The first kappa shape index (κ1) is 13.4. The number of nitrogens with two attached hydrogens (primary N) is 1. The molecular formula is C14H13BrFNS. The summed E-state index contributed by atoms with van der Waals surface area (Å²) >= 11 is 5.04. The highest BCUT2D eigenvalue weighted by Crippen LogP contribution is 2.31. The molecule has 0 aliphatic carbocycles. The van der Waals surface area contributed by atoms with Gasteiger partial charge in [-0.05, 0) is 48.4 Å². The van der Waals surface area contributed by atoms with Crippen molar-refractivity contribution in [2.24, 2.45) is 0 Å². The average Bonchev–Trinajstić information content (AvgIpc) is 2.34. The predicted molar refractivity (Wildman–Crippen MR) is 79.3 cm³/mol. The Kier molecular flexibility index (Phi) is 4.30. The lowest BCUT2D eigenvalue weighted by Crippen LogP contribution is -1.91. The normalized spacial score (nSPS) is 10.6. The summed E-state index contributed by atoms with van der Waals surface area (Å²) in [5.74, 6) is 0.517. The minimum absolute atomic E-state index is 0.196. The van der Waals surface area contributed by atoms with Gasteiger partial charge in [0.1, 0.15) is 5.82 Å². The molecule has 2 N–H and O–H groups in total. The van der Waals surface area contributed by atoms with Crippen LogP contribution < -0.4 is 5.73 Å². The Labute approximate surface area is 119 Å². The highest BCUT2D eigenvalue weighted by Gasteiger charge is 2.05. The second-order valence-corrected chi connectivity index (χ2v) is 5.97. The number of halogens is 2. The Morgan fingerprint density at radius 1 is 1.22 bits per heavy atom. The van der Waals surface area contributed by atoms with Gasteiger partial charge in [0.15, 0.2) is 0 Å². The zero-order valence-corrected chi connectivity index (χ0v) is 12.3. The third-order valence-electron chi connectivity index (χ3n) is 2.67. The predicted octanol–water partition coefficient (Wildman–Crippen LogP) is 4.77. The Morgan fingerprint density at radius 3 is 2.78 bits per heavy atom. The van der Waals surface area contributed by atoms with Crippen LogP contribution in [0.3, 0.4) is 0 Å². The number of anilines is 1. The van der Waals surface area contributed by atoms with Crippen LogP contribution in [-0.2, 0) is 5.75 Å². The summed E-state index contributed by atoms with van der Waals surface area (Å²) in [5.41, 5.74) is 8.75. The van der Waals surface area contributed by atoms with E-state index in [1.165, 1.54) is 6.07 Å². The van der Waals surface area contributed by atoms with E-state index in [0.29, 0.717) is 5.75 Å². The second kappa shape index (κ2) is 5.76. The number of thioether (sulfide) groups is 1. The summed E-state index contributed by atoms with van der Waals surface area (Å²) in [6, 6.07) is 10.6. The van der Waals surface area contributed by atoms with Crippen molar-refractivity contribution in [3.05, 3.63) is 57.8 Å². The zero-order chi connectivity index (χ0) is 13.1. The van der Waals surface area contributed by atoms with E-state index < -0.39 is 0 Å². The molecular weight excluding hydrogens is 313 g/mol. The van der Waals surface area contributed by atoms with Crippen molar-refractivity contribution in [2.75, 3.05) is 5.73 Å². The van der Waals surface area contributed by atoms with E-state index in [2.05, 4.69) is 15.9 Å². The lowest BCUT2D eigenvalue weighted by atomic mass is 10.1. The highest BCUT2D eigenvalue weighted by molar-refractivity contribution is 9.10. The van der Waals surface area contributed by atoms with Crippen molar-refractivity contribution in [3.8, 4) is 0 Å². The van der Waals surface area contributed by atoms with Gasteiger partial charge in [-0.1, -0.05) is 22.0 Å². The smallest absolute Gasteiger partial charge is 0.123 e. The number of aryl methyl sites for hydroxylation is 1. The van der Waals surface area contributed by atoms with E-state index in [1.54, 1.807) is 23.9 Å². The average molecular weight is 326 g/mol. The van der Waals surface area contributed by atoms with Crippen LogP contribution in [0.4, 0.5) is 10.1 Å². The largest absolute Gasteiger partial charge is 0.398 e. The van der Waals surface area contributed by atoms with Crippen LogP contribution in [0.5, 0.6) is 0 Å². The first-order valence-corrected chi connectivity index (χ1v) is 7.27. The maximum absolute atomic E-state index is 13.2. The van der Waals surface area contributed by atoms with E-state index in [4.69, 9.17) is 5.73 Å². The Hall–Kier alpha value is -1.00. The summed E-state index contributed by atoms with van der Waals surface area (Å²) in [6.07, 6.45) is 0. The minimum Gasteiger partial charge on any atom is -0.398 e. The topological polar surface area (TPSA) is 26.0 Å². The van der Waals surface area contributed by atoms with Gasteiger partial charge in [0.25, 0.3) is 0 Å². The molecule has 0 aliphatic heterocycles. The summed E-state index contributed by atoms with van der Waals surface area (Å²) in [6.45, 7) is 1.99. The van der Waals surface area contributed by atoms with Crippen LogP contribution in [-0.4, -0.2) is 0 Å². The molecule has 0 saturated heterocycles. The molecule has 94 valence electrons. The Bertz CT molecular complexity index is 520. The van der Waals surface area contributed by atoms with Gasteiger partial charge in [-0.3, -0.25) is 0 Å². The number of hydrogen-bond donors (Lipinski definition) is 1. The van der Waals surface area contributed by atoms with Crippen molar-refractivity contribution in [1.82, 2.24) is 0 Å². The van der Waals surface area contributed by atoms with E-state index in [0.717, 1.165) is 26.2 Å². The van der Waals surface area contributed by atoms with Gasteiger partial charge < -0.3 is 5.73 Å². The van der Waals surface area contributed by atoms with Crippen molar-refractivity contribution in [3.63, 3.8) is 0 Å². The van der Waals surface area contributed by atoms with Gasteiger partial charge >= 0.3 is 0 Å². The van der Waals surface area contributed by atoms with Gasteiger partial charge in [-0.2, -0.15) is 0 Å². The Balaban J connectivity index is 2.16. The monoisotopic (exact) mass is 325 g/mol. The molecule has 0 saturated carbocycles. The fraction of sp³-hybridized carbons (Fsp3) is 0.143. The zero-order valence-electron chi connectivity index (χ0n) is 9.91. The molecule has 0 spiro atoms. The number of hydrogen-bond acceptors (Lipinski definition) is 2. The molecule has 4 heteroatoms. The molecule has 18 heavy (non-hydrogen) atoms. The third kappa shape index (κ3) is 3.27. The molecule has 0 fully saturated rings. The summed E-state index contributed by atoms with van der Waals surface area (Å²) in [5, 5.41) is 0. The molecule has 0 heterocycles. The number of benzene rings is 2. The molecule has 2 rings (SSSR count). The quantitative estimate of drug-likeness (QED) is 0.649. The molecule has 2 aromatic rings. The van der Waals surface area contributed by atoms with Gasteiger partial charge in [0.05, 0.1) is 0 Å². The maximum Gasteiger partial charge on any atom is 0.123 e. The highest BCUT2D eigenvalue weighted by atomic mass is 79.9. The van der Waals surface area contributed by atoms with Gasteiger partial charge in [-0.25, -0.2) is 4.39 Å². The summed E-state index contributed by atoms with van der Waals surface area (Å²) in [4.78, 5) is 1.01. The lowest BCUT2D eigenvalue weighted by Gasteiger charge is -2.08. The molecule has 0 amide bonds. The fourth-order valence-corrected chi connectivity index (χ4v) is 3.16. The molecule has 0 aliphatic rings.